The number of esters is 1. The third kappa shape index (κ3) is 10.6. The summed E-state index contributed by atoms with van der Waals surface area (Å²) in [6, 6.07) is 17.2. The van der Waals surface area contributed by atoms with Gasteiger partial charge in [-0.05, 0) is 85.5 Å². The van der Waals surface area contributed by atoms with Gasteiger partial charge >= 0.3 is 30.0 Å². The maximum atomic E-state index is 13.1. The Kier molecular flexibility index (Phi) is 12.1. The van der Waals surface area contributed by atoms with Gasteiger partial charge in [-0.25, -0.2) is 4.79 Å². The molecule has 2 heterocycles. The van der Waals surface area contributed by atoms with E-state index < -0.39 is 60.6 Å². The summed E-state index contributed by atoms with van der Waals surface area (Å²) < 4.78 is 48.5. The van der Waals surface area contributed by atoms with Crippen molar-refractivity contribution in [2.75, 3.05) is 47.7 Å². The third-order valence-corrected chi connectivity index (χ3v) is 9.11. The molecule has 0 spiro atoms. The molecule has 3 aromatic carbocycles. The minimum Gasteiger partial charge on any atom is -0.467 e. The molecule has 1 saturated carbocycles. The lowest BCUT2D eigenvalue weighted by Gasteiger charge is -2.19. The molecule has 5 N–H and O–H groups in total. The zero-order valence-electron chi connectivity index (χ0n) is 30.1. The minimum absolute atomic E-state index is 0.00134. The standard InChI is InChI=1S/C37H35ClF3N9O7/c1-56-32(55)27(19-42-30(53)31(54)43-24-12-14-26(15-13-24)50-18-2-3-28(50)51)45-29(52)21-4-10-25(11-5-21)44-33-46-34(48-35(47-33)57-20-37(39,40)41)49-36(16-17-36)22-6-8-23(38)9-7-22/h4-15,27H,2-3,16-20H2,1H3,(H,42,53)(H,43,54)(H,45,52)(H2,44,46,47,48,49)/t27-/m0/s1. The molecule has 0 bridgehead atoms. The Hall–Kier alpha value is -6.50. The first kappa shape index (κ1) is 40.2. The maximum absolute atomic E-state index is 13.1. The molecule has 6 rings (SSSR count). The number of alkyl halides is 3. The summed E-state index contributed by atoms with van der Waals surface area (Å²) in [5.41, 5.74) is 1.67. The lowest BCUT2D eigenvalue weighted by atomic mass is 10.1. The van der Waals surface area contributed by atoms with Crippen LogP contribution >= 0.6 is 11.6 Å². The summed E-state index contributed by atoms with van der Waals surface area (Å²) in [5, 5.41) is 13.8. The second-order valence-corrected chi connectivity index (χ2v) is 13.4. The number of nitrogens with one attached hydrogen (secondary N) is 5. The molecule has 1 atom stereocenters. The second-order valence-electron chi connectivity index (χ2n) is 13.0. The molecular weight excluding hydrogens is 775 g/mol. The van der Waals surface area contributed by atoms with Crippen molar-refractivity contribution in [3.8, 4) is 6.01 Å². The van der Waals surface area contributed by atoms with E-state index in [2.05, 4.69) is 41.5 Å². The number of carbonyl (C=O) groups excluding carboxylic acids is 5. The van der Waals surface area contributed by atoms with E-state index in [0.717, 1.165) is 19.1 Å². The normalized spacial score (nSPS) is 14.9. The van der Waals surface area contributed by atoms with Crippen LogP contribution in [0.2, 0.25) is 5.02 Å². The molecule has 16 nitrogen and oxygen atoms in total. The molecule has 1 aliphatic carbocycles. The van der Waals surface area contributed by atoms with Crippen molar-refractivity contribution >= 4 is 70.2 Å². The van der Waals surface area contributed by atoms with Crippen molar-refractivity contribution in [1.29, 1.82) is 0 Å². The summed E-state index contributed by atoms with van der Waals surface area (Å²) in [6.07, 6.45) is -2.04. The Morgan fingerprint density at radius 1 is 0.895 bits per heavy atom. The van der Waals surface area contributed by atoms with Crippen LogP contribution in [0.25, 0.3) is 0 Å². The highest BCUT2D eigenvalue weighted by Crippen LogP contribution is 2.48. The fraction of sp³-hybridized carbons (Fsp3) is 0.297. The van der Waals surface area contributed by atoms with Gasteiger partial charge in [0.15, 0.2) is 6.61 Å². The van der Waals surface area contributed by atoms with Crippen LogP contribution in [0.5, 0.6) is 6.01 Å². The number of anilines is 5. The molecule has 4 aromatic rings. The van der Waals surface area contributed by atoms with E-state index in [-0.39, 0.29) is 23.4 Å². The summed E-state index contributed by atoms with van der Waals surface area (Å²) >= 11 is 6.03. The van der Waals surface area contributed by atoms with Gasteiger partial charge in [-0.15, -0.1) is 0 Å². The number of rotatable bonds is 14. The molecule has 20 heteroatoms. The lowest BCUT2D eigenvalue weighted by molar-refractivity contribution is -0.154. The number of ether oxygens (including phenoxy) is 2. The Balaban J connectivity index is 1.06. The van der Waals surface area contributed by atoms with Crippen LogP contribution in [0, 0.1) is 0 Å². The molecule has 298 valence electrons. The first-order valence-electron chi connectivity index (χ1n) is 17.5. The van der Waals surface area contributed by atoms with Crippen LogP contribution in [0.1, 0.15) is 41.6 Å². The summed E-state index contributed by atoms with van der Waals surface area (Å²) in [4.78, 5) is 76.6. The number of hydrogen-bond acceptors (Lipinski definition) is 12. The largest absolute Gasteiger partial charge is 0.467 e. The number of nitrogens with zero attached hydrogens (tertiary/aromatic N) is 4. The smallest absolute Gasteiger partial charge is 0.422 e. The van der Waals surface area contributed by atoms with Crippen molar-refractivity contribution in [1.82, 2.24) is 25.6 Å². The fourth-order valence-corrected chi connectivity index (χ4v) is 5.92. The number of halogens is 4. The van der Waals surface area contributed by atoms with E-state index in [1.54, 1.807) is 41.3 Å². The van der Waals surface area contributed by atoms with E-state index in [1.165, 1.54) is 24.3 Å². The van der Waals surface area contributed by atoms with Gasteiger partial charge in [0, 0.05) is 47.2 Å². The van der Waals surface area contributed by atoms with E-state index in [0.29, 0.717) is 47.9 Å². The van der Waals surface area contributed by atoms with Gasteiger partial charge in [0.25, 0.3) is 5.91 Å². The first-order valence-corrected chi connectivity index (χ1v) is 17.8. The van der Waals surface area contributed by atoms with Crippen molar-refractivity contribution < 1.29 is 46.6 Å². The van der Waals surface area contributed by atoms with Gasteiger partial charge in [-0.3, -0.25) is 19.2 Å². The quantitative estimate of drug-likeness (QED) is 0.0885. The average Bonchev–Trinajstić information content (AvgIpc) is 3.84. The third-order valence-electron chi connectivity index (χ3n) is 8.86. The van der Waals surface area contributed by atoms with Crippen molar-refractivity contribution in [2.45, 2.75) is 43.4 Å². The molecule has 0 radical (unpaired) electrons. The molecule has 57 heavy (non-hydrogen) atoms. The van der Waals surface area contributed by atoms with Crippen molar-refractivity contribution in [3.05, 3.63) is 88.9 Å². The second kappa shape index (κ2) is 17.1. The maximum Gasteiger partial charge on any atom is 0.422 e. The Labute approximate surface area is 327 Å². The van der Waals surface area contributed by atoms with Crippen molar-refractivity contribution in [2.24, 2.45) is 0 Å². The zero-order valence-corrected chi connectivity index (χ0v) is 30.9. The molecule has 0 unspecified atom stereocenters. The number of amides is 4. The van der Waals surface area contributed by atoms with Crippen LogP contribution in [0.4, 0.5) is 42.1 Å². The molecular formula is C37H35ClF3N9O7. The Morgan fingerprint density at radius 2 is 1.56 bits per heavy atom. The van der Waals surface area contributed by atoms with Crippen LogP contribution < -0.4 is 36.2 Å². The van der Waals surface area contributed by atoms with E-state index in [4.69, 9.17) is 21.1 Å². The summed E-state index contributed by atoms with van der Waals surface area (Å²) in [5.74, 6) is -3.96. The highest BCUT2D eigenvalue weighted by molar-refractivity contribution is 6.39. The monoisotopic (exact) mass is 809 g/mol. The van der Waals surface area contributed by atoms with Crippen LogP contribution in [0.3, 0.4) is 0 Å². The number of aromatic nitrogens is 3. The molecule has 2 aliphatic rings. The number of methoxy groups -OCH3 is 1. The minimum atomic E-state index is -4.65. The van der Waals surface area contributed by atoms with E-state index >= 15 is 0 Å². The van der Waals surface area contributed by atoms with Gasteiger partial charge in [-0.2, -0.15) is 28.1 Å². The number of benzene rings is 3. The lowest BCUT2D eigenvalue weighted by Crippen LogP contribution is -2.50. The number of hydrogen-bond donors (Lipinski definition) is 5. The molecule has 4 amide bonds. The Morgan fingerprint density at radius 3 is 2.18 bits per heavy atom. The summed E-state index contributed by atoms with van der Waals surface area (Å²) in [7, 11) is 1.08. The average molecular weight is 810 g/mol. The van der Waals surface area contributed by atoms with Gasteiger partial charge in [0.1, 0.15) is 6.04 Å². The van der Waals surface area contributed by atoms with Gasteiger partial charge in [-0.1, -0.05) is 23.7 Å². The topological polar surface area (TPSA) is 206 Å². The SMILES string of the molecule is COC(=O)[C@H](CNC(=O)C(=O)Nc1ccc(N2CCCC2=O)cc1)NC(=O)c1ccc(Nc2nc(NC3(c4ccc(Cl)cc4)CC3)nc(OCC(F)(F)F)n2)cc1. The fourth-order valence-electron chi connectivity index (χ4n) is 5.79. The summed E-state index contributed by atoms with van der Waals surface area (Å²) in [6.45, 7) is -1.53. The predicted octanol–water partition coefficient (Wildman–Crippen LogP) is 4.46. The molecule has 1 saturated heterocycles. The highest BCUT2D eigenvalue weighted by Gasteiger charge is 2.45. The zero-order chi connectivity index (χ0) is 40.7. The van der Waals surface area contributed by atoms with E-state index in [9.17, 15) is 37.1 Å². The van der Waals surface area contributed by atoms with Gasteiger partial charge in [0.05, 0.1) is 12.6 Å². The molecule has 1 aromatic heterocycles. The van der Waals surface area contributed by atoms with Gasteiger partial charge in [0.2, 0.25) is 17.8 Å². The Bertz CT molecular complexity index is 2140. The first-order chi connectivity index (χ1) is 27.2. The van der Waals surface area contributed by atoms with Crippen LogP contribution in [-0.4, -0.2) is 83.6 Å². The van der Waals surface area contributed by atoms with Crippen molar-refractivity contribution in [3.63, 3.8) is 0 Å². The van der Waals surface area contributed by atoms with Crippen LogP contribution in [-0.2, 0) is 29.5 Å². The number of carbonyl (C=O) groups is 5. The molecule has 2 fully saturated rings. The predicted molar refractivity (Wildman–Crippen MR) is 200 cm³/mol. The molecule has 1 aliphatic heterocycles. The van der Waals surface area contributed by atoms with E-state index in [1.807, 2.05) is 12.1 Å². The van der Waals surface area contributed by atoms with Gasteiger partial charge < -0.3 is 41.0 Å². The highest BCUT2D eigenvalue weighted by atomic mass is 35.5. The van der Waals surface area contributed by atoms with Crippen LogP contribution in [0.15, 0.2) is 72.8 Å².